The summed E-state index contributed by atoms with van der Waals surface area (Å²) in [5.41, 5.74) is 5.99. The summed E-state index contributed by atoms with van der Waals surface area (Å²) in [7, 11) is 0. The number of H-pyrrole nitrogens is 1. The molecule has 8 heteroatoms. The van der Waals surface area contributed by atoms with Crippen LogP contribution in [0.1, 0.15) is 45.6 Å². The number of nitrogens with two attached hydrogens (primary N) is 1. The van der Waals surface area contributed by atoms with Gasteiger partial charge >= 0.3 is 5.69 Å². The summed E-state index contributed by atoms with van der Waals surface area (Å²) >= 11 is 0. The van der Waals surface area contributed by atoms with Gasteiger partial charge in [-0.15, -0.1) is 0 Å². The van der Waals surface area contributed by atoms with Crippen LogP contribution in [-0.4, -0.2) is 28.6 Å². The van der Waals surface area contributed by atoms with Gasteiger partial charge in [0.2, 0.25) is 0 Å². The molecule has 0 atom stereocenters. The Kier molecular flexibility index (Phi) is 8.26. The van der Waals surface area contributed by atoms with Gasteiger partial charge in [0.05, 0.1) is 0 Å². The number of amides is 1. The number of aromatic nitrogens is 2. The molecule has 1 aromatic carbocycles. The maximum absolute atomic E-state index is 13.0. The fraction of sp³-hybridized carbons (Fsp3) is 0.500. The van der Waals surface area contributed by atoms with Gasteiger partial charge in [0.1, 0.15) is 11.6 Å². The highest BCUT2D eigenvalue weighted by Crippen LogP contribution is 2.20. The van der Waals surface area contributed by atoms with Crippen LogP contribution in [-0.2, 0) is 11.3 Å². The van der Waals surface area contributed by atoms with Gasteiger partial charge in [0.15, 0.2) is 12.3 Å². The average Bonchev–Trinajstić information content (AvgIpc) is 2.68. The van der Waals surface area contributed by atoms with Crippen LogP contribution < -0.4 is 26.6 Å². The van der Waals surface area contributed by atoms with Crippen LogP contribution in [0.3, 0.4) is 0 Å². The van der Waals surface area contributed by atoms with Crippen LogP contribution in [0.4, 0.5) is 11.5 Å². The number of nitrogens with one attached hydrogen (secondary N) is 1. The van der Waals surface area contributed by atoms with Crippen molar-refractivity contribution in [1.29, 1.82) is 0 Å². The van der Waals surface area contributed by atoms with E-state index in [-0.39, 0.29) is 18.1 Å². The van der Waals surface area contributed by atoms with E-state index in [1.807, 2.05) is 45.9 Å². The quantitative estimate of drug-likeness (QED) is 0.619. The first-order chi connectivity index (χ1) is 14.2. The number of aromatic amines is 1. The summed E-state index contributed by atoms with van der Waals surface area (Å²) in [5.74, 6) is 0.492. The molecule has 0 aliphatic rings. The SMILES string of the molecule is CCCCn1c(N)c(N(CCC(C)C)C(=O)COc2cccc(C)c2)c(=O)[nH]c1=O. The number of benzene rings is 1. The highest BCUT2D eigenvalue weighted by molar-refractivity contribution is 5.96. The van der Waals surface area contributed by atoms with Crippen LogP contribution in [0.5, 0.6) is 5.75 Å². The molecule has 0 saturated heterocycles. The number of nitrogen functional groups attached to an aromatic ring is 1. The molecule has 0 saturated carbocycles. The number of carbonyl (C=O) groups is 1. The Morgan fingerprint density at radius 2 is 2.03 bits per heavy atom. The van der Waals surface area contributed by atoms with Gasteiger partial charge in [0.25, 0.3) is 11.5 Å². The number of hydrogen-bond acceptors (Lipinski definition) is 5. The molecule has 164 valence electrons. The largest absolute Gasteiger partial charge is 0.484 e. The zero-order valence-electron chi connectivity index (χ0n) is 18.2. The predicted octanol–water partition coefficient (Wildman–Crippen LogP) is 2.69. The second-order valence-corrected chi connectivity index (χ2v) is 7.83. The van der Waals surface area contributed by atoms with Crippen LogP contribution in [0.2, 0.25) is 0 Å². The molecular formula is C22H32N4O4. The molecule has 1 amide bonds. The molecule has 0 unspecified atom stereocenters. The lowest BCUT2D eigenvalue weighted by molar-refractivity contribution is -0.120. The molecule has 0 spiro atoms. The average molecular weight is 417 g/mol. The first-order valence-electron chi connectivity index (χ1n) is 10.4. The van der Waals surface area contributed by atoms with E-state index in [1.54, 1.807) is 6.07 Å². The van der Waals surface area contributed by atoms with E-state index in [2.05, 4.69) is 4.98 Å². The molecular weight excluding hydrogens is 384 g/mol. The molecule has 3 N–H and O–H groups in total. The Hall–Kier alpha value is -3.03. The predicted molar refractivity (Wildman–Crippen MR) is 119 cm³/mol. The second kappa shape index (κ2) is 10.7. The topological polar surface area (TPSA) is 110 Å². The van der Waals surface area contributed by atoms with Crippen molar-refractivity contribution in [2.24, 2.45) is 5.92 Å². The van der Waals surface area contributed by atoms with Crippen molar-refractivity contribution < 1.29 is 9.53 Å². The van der Waals surface area contributed by atoms with E-state index in [4.69, 9.17) is 10.5 Å². The molecule has 1 aromatic heterocycles. The van der Waals surface area contributed by atoms with E-state index >= 15 is 0 Å². The highest BCUT2D eigenvalue weighted by Gasteiger charge is 2.24. The number of nitrogens with zero attached hydrogens (tertiary/aromatic N) is 2. The third kappa shape index (κ3) is 5.98. The molecule has 1 heterocycles. The summed E-state index contributed by atoms with van der Waals surface area (Å²) in [6.07, 6.45) is 2.26. The number of hydrogen-bond donors (Lipinski definition) is 2. The van der Waals surface area contributed by atoms with Crippen LogP contribution >= 0.6 is 0 Å². The lowest BCUT2D eigenvalue weighted by atomic mass is 10.1. The lowest BCUT2D eigenvalue weighted by Crippen LogP contribution is -2.43. The van der Waals surface area contributed by atoms with Gasteiger partial charge in [-0.2, -0.15) is 0 Å². The van der Waals surface area contributed by atoms with Gasteiger partial charge in [-0.05, 0) is 43.4 Å². The van der Waals surface area contributed by atoms with Crippen LogP contribution in [0, 0.1) is 12.8 Å². The van der Waals surface area contributed by atoms with Crippen molar-refractivity contribution in [3.05, 3.63) is 50.7 Å². The molecule has 0 fully saturated rings. The third-order valence-electron chi connectivity index (χ3n) is 4.80. The minimum atomic E-state index is -0.669. The molecule has 0 radical (unpaired) electrons. The smallest absolute Gasteiger partial charge is 0.330 e. The van der Waals surface area contributed by atoms with Gasteiger partial charge < -0.3 is 15.4 Å². The Morgan fingerprint density at radius 1 is 1.30 bits per heavy atom. The van der Waals surface area contributed by atoms with Crippen molar-refractivity contribution in [1.82, 2.24) is 9.55 Å². The van der Waals surface area contributed by atoms with Crippen LogP contribution in [0.25, 0.3) is 0 Å². The standard InChI is InChI=1S/C22H32N4O4/c1-5-6-11-26-20(23)19(21(28)24-22(26)29)25(12-10-15(2)3)18(27)14-30-17-9-7-8-16(4)13-17/h7-9,13,15H,5-6,10-12,14,23H2,1-4H3,(H,24,28,29). The molecule has 8 nitrogen and oxygen atoms in total. The maximum atomic E-state index is 13.0. The van der Waals surface area contributed by atoms with Gasteiger partial charge in [-0.3, -0.25) is 19.1 Å². The van der Waals surface area contributed by atoms with Crippen molar-refractivity contribution in [2.75, 3.05) is 23.8 Å². The van der Waals surface area contributed by atoms with Crippen molar-refractivity contribution in [3.8, 4) is 5.75 Å². The highest BCUT2D eigenvalue weighted by atomic mass is 16.5. The van der Waals surface area contributed by atoms with Gasteiger partial charge in [-0.1, -0.05) is 39.3 Å². The first kappa shape index (κ1) is 23.3. The molecule has 2 aromatic rings. The van der Waals surface area contributed by atoms with E-state index in [0.29, 0.717) is 31.2 Å². The number of anilines is 2. The maximum Gasteiger partial charge on any atom is 0.330 e. The zero-order valence-corrected chi connectivity index (χ0v) is 18.2. The molecule has 30 heavy (non-hydrogen) atoms. The van der Waals surface area contributed by atoms with E-state index in [9.17, 15) is 14.4 Å². The lowest BCUT2D eigenvalue weighted by Gasteiger charge is -2.25. The van der Waals surface area contributed by atoms with Crippen molar-refractivity contribution in [2.45, 2.75) is 53.5 Å². The Labute approximate surface area is 176 Å². The van der Waals surface area contributed by atoms with Gasteiger partial charge in [-0.25, -0.2) is 4.79 Å². The summed E-state index contributed by atoms with van der Waals surface area (Å²) in [6, 6.07) is 7.38. The monoisotopic (exact) mass is 416 g/mol. The number of ether oxygens (including phenoxy) is 1. The molecule has 0 aliphatic heterocycles. The number of aryl methyl sites for hydroxylation is 1. The fourth-order valence-electron chi connectivity index (χ4n) is 3.05. The van der Waals surface area contributed by atoms with Crippen LogP contribution in [0.15, 0.2) is 33.9 Å². The Bertz CT molecular complexity index is 978. The van der Waals surface area contributed by atoms with E-state index in [1.165, 1.54) is 9.47 Å². The summed E-state index contributed by atoms with van der Waals surface area (Å²) in [5, 5.41) is 0. The summed E-state index contributed by atoms with van der Waals surface area (Å²) in [6.45, 7) is 8.42. The zero-order chi connectivity index (χ0) is 22.3. The molecule has 2 rings (SSSR count). The summed E-state index contributed by atoms with van der Waals surface area (Å²) < 4.78 is 6.96. The Balaban J connectivity index is 2.37. The van der Waals surface area contributed by atoms with Gasteiger partial charge in [0, 0.05) is 13.1 Å². The van der Waals surface area contributed by atoms with Crippen molar-refractivity contribution >= 4 is 17.4 Å². The normalized spacial score (nSPS) is 11.0. The van der Waals surface area contributed by atoms with E-state index < -0.39 is 17.2 Å². The minimum absolute atomic E-state index is 0.00388. The summed E-state index contributed by atoms with van der Waals surface area (Å²) in [4.78, 5) is 41.5. The second-order valence-electron chi connectivity index (χ2n) is 7.83. The fourth-order valence-corrected chi connectivity index (χ4v) is 3.05. The Morgan fingerprint density at radius 3 is 2.67 bits per heavy atom. The van der Waals surface area contributed by atoms with Crippen molar-refractivity contribution in [3.63, 3.8) is 0 Å². The van der Waals surface area contributed by atoms with E-state index in [0.717, 1.165) is 18.4 Å². The molecule has 0 bridgehead atoms. The number of unbranched alkanes of at least 4 members (excludes halogenated alkanes) is 1. The number of carbonyl (C=O) groups excluding carboxylic acids is 1. The number of rotatable bonds is 10. The third-order valence-corrected chi connectivity index (χ3v) is 4.80. The minimum Gasteiger partial charge on any atom is -0.484 e. The molecule has 0 aliphatic carbocycles. The first-order valence-corrected chi connectivity index (χ1v) is 10.4.